The van der Waals surface area contributed by atoms with Gasteiger partial charge in [-0.1, -0.05) is 0 Å². The number of ketones is 4. The molecule has 4 saturated carbocycles. The Morgan fingerprint density at radius 3 is 1.12 bits per heavy atom. The summed E-state index contributed by atoms with van der Waals surface area (Å²) in [4.78, 5) is 72.8. The van der Waals surface area contributed by atoms with E-state index in [1.807, 2.05) is 152 Å². The lowest BCUT2D eigenvalue weighted by Crippen LogP contribution is -2.29. The van der Waals surface area contributed by atoms with Gasteiger partial charge in [0, 0.05) is 214 Å². The lowest BCUT2D eigenvalue weighted by Gasteiger charge is -2.27. The van der Waals surface area contributed by atoms with Crippen molar-refractivity contribution >= 4 is 72.6 Å². The molecule has 0 spiro atoms. The van der Waals surface area contributed by atoms with Crippen molar-refractivity contribution in [2.75, 3.05) is 31.2 Å². The summed E-state index contributed by atoms with van der Waals surface area (Å²) < 4.78 is 43.3. The quantitative estimate of drug-likeness (QED) is 0.0726. The summed E-state index contributed by atoms with van der Waals surface area (Å²) in [5, 5.41) is 34.9. The van der Waals surface area contributed by atoms with Crippen molar-refractivity contribution in [1.29, 1.82) is 0 Å². The highest BCUT2D eigenvalue weighted by molar-refractivity contribution is 5.90. The van der Waals surface area contributed by atoms with Crippen molar-refractivity contribution in [2.45, 2.75) is 187 Å². The summed E-state index contributed by atoms with van der Waals surface area (Å²) in [6.07, 6.45) is 35.0. The molecule has 0 N–H and O–H groups in total. The molecule has 2 aliphatic heterocycles. The molecule has 0 unspecified atom stereocenters. The first kappa shape index (κ1) is 77.2. The van der Waals surface area contributed by atoms with Gasteiger partial charge in [-0.25, -0.2) is 24.9 Å². The van der Waals surface area contributed by atoms with E-state index in [-0.39, 0.29) is 54.1 Å². The Bertz CT molecular complexity index is 5400. The number of carbonyl (C=O) groups is 4. The molecule has 2 saturated heterocycles. The number of aromatic nitrogens is 19. The Hall–Kier alpha value is -11.1. The van der Waals surface area contributed by atoms with Gasteiger partial charge in [-0.3, -0.25) is 52.0 Å². The van der Waals surface area contributed by atoms with Crippen molar-refractivity contribution < 1.29 is 42.9 Å². The van der Waals surface area contributed by atoms with Gasteiger partial charge in [0.1, 0.15) is 53.4 Å². The van der Waals surface area contributed by atoms with Crippen molar-refractivity contribution in [3.63, 3.8) is 0 Å². The SMILES string of the molecule is CC(C)n1cc(-c2cc3nn(C)cc3c(O[C@H](C)[C@H]3CCC(=O)C3)n2)cn1.C[C@@H](Oc1nc(-c2ccc(N3CCCCC3)nc2)cc2nn(C)cc12)[C@H]1CCC(=O)C1.C[C@@H](Oc1nc(-c2cnn(C)c2)cc2nn(C)cc12)[C@H]1CCC(=O)C1.C[C@@H](Oc1nc(-c2cnn(C3CCOCC3)c2)cc2nn(C)cc12)[C@H]1CCC(=O)C1. The van der Waals surface area contributed by atoms with Gasteiger partial charge in [-0.2, -0.15) is 35.7 Å². The minimum atomic E-state index is -0.0763. The van der Waals surface area contributed by atoms with Gasteiger partial charge in [-0.15, -0.1) is 0 Å². The van der Waals surface area contributed by atoms with Crippen LogP contribution in [0, 0.1) is 23.7 Å². The minimum Gasteiger partial charge on any atom is -0.474 e. The molecule has 12 aromatic heterocycles. The Labute approximate surface area is 656 Å². The average Bonchev–Trinajstić information content (AvgIpc) is 1.67. The highest BCUT2D eigenvalue weighted by Crippen LogP contribution is 2.39. The largest absolute Gasteiger partial charge is 0.474 e. The number of piperidine rings is 1. The molecule has 0 bridgehead atoms. The van der Waals surface area contributed by atoms with Crippen molar-refractivity contribution in [3.8, 4) is 68.5 Å². The van der Waals surface area contributed by atoms with E-state index in [0.717, 1.165) is 159 Å². The maximum atomic E-state index is 11.7. The molecular formula is C84H102N20O9. The van der Waals surface area contributed by atoms with Gasteiger partial charge in [-0.05, 0) is 136 Å². The zero-order chi connectivity index (χ0) is 78.7. The van der Waals surface area contributed by atoms with Gasteiger partial charge < -0.3 is 28.6 Å². The second-order valence-electron chi connectivity index (χ2n) is 31.9. The summed E-state index contributed by atoms with van der Waals surface area (Å²) in [6, 6.07) is 12.7. The Morgan fingerprint density at radius 1 is 0.398 bits per heavy atom. The van der Waals surface area contributed by atoms with Crippen LogP contribution in [-0.4, -0.2) is 167 Å². The van der Waals surface area contributed by atoms with Crippen molar-refractivity contribution in [2.24, 2.45) is 58.9 Å². The highest BCUT2D eigenvalue weighted by Gasteiger charge is 2.34. The molecule has 29 nitrogen and oxygen atoms in total. The van der Waals surface area contributed by atoms with E-state index in [9.17, 15) is 19.2 Å². The predicted molar refractivity (Wildman–Crippen MR) is 427 cm³/mol. The number of ether oxygens (including phenoxy) is 5. The third kappa shape index (κ3) is 18.0. The van der Waals surface area contributed by atoms with E-state index in [0.29, 0.717) is 104 Å². The minimum absolute atomic E-state index is 0.0634. The second-order valence-corrected chi connectivity index (χ2v) is 31.9. The number of hydrogen-bond acceptors (Lipinski definition) is 22. The molecule has 4 aliphatic carbocycles. The molecule has 0 amide bonds. The molecule has 0 radical (unpaired) electrons. The Balaban J connectivity index is 0.000000119. The third-order valence-electron chi connectivity index (χ3n) is 22.9. The van der Waals surface area contributed by atoms with Crippen LogP contribution in [0.3, 0.4) is 0 Å². The summed E-state index contributed by atoms with van der Waals surface area (Å²) in [5.41, 5.74) is 10.3. The van der Waals surface area contributed by atoms with Crippen molar-refractivity contribution in [3.05, 3.63) is 105 Å². The van der Waals surface area contributed by atoms with Crippen LogP contribution >= 0.6 is 0 Å². The third-order valence-corrected chi connectivity index (χ3v) is 22.9. The zero-order valence-corrected chi connectivity index (χ0v) is 66.6. The summed E-state index contributed by atoms with van der Waals surface area (Å²) >= 11 is 0. The standard InChI is InChI=1S/C24H29N5O2.C22H27N5O3.C20H25N5O2.C18H21N5O2/c1-16(17-6-8-19(30)12-17)31-24-20-15-28(2)27-22(20)13-21(26-24)18-7-9-23(25-14-18)29-10-4-3-5-11-29;1-14(15-3-4-18(28)9-15)30-22-19-13-26(2)25-21(19)10-20(24-22)16-11-23-27(12-16)17-5-7-29-8-6-17;1-12(2)25-10-15(9-21-25)18-8-19-17(11-24(4)23-19)20(22-18)27-13(3)14-5-6-16(26)7-14;1-11(12-4-5-14(24)6-12)25-18-15-10-23(3)21-17(15)7-16(20-18)13-8-19-22(2)9-13/h7,9,13-17H,3-6,8,10-12H2,1-2H3;10-15,17H,3-9H2,1-2H3;8-14H,5-7H2,1-4H3;7-12H,4-6H2,1-3H3/t16-,17+;14-,15+;13-,14+;11-,12+/m1111/s1. The fraction of sp³-hybridized carbons (Fsp3) is 0.500. The number of aryl methyl sites for hydroxylation is 5. The number of carbonyl (C=O) groups excluding carboxylic acids is 4. The summed E-state index contributed by atoms with van der Waals surface area (Å²) in [6.45, 7) is 16.0. The lowest BCUT2D eigenvalue weighted by atomic mass is 10.0. The number of Topliss-reactive ketones (excluding diaryl/α,β-unsaturated/α-hetero) is 4. The van der Waals surface area contributed by atoms with Crippen LogP contribution in [0.2, 0.25) is 0 Å². The highest BCUT2D eigenvalue weighted by atomic mass is 16.5. The van der Waals surface area contributed by atoms with Crippen LogP contribution < -0.4 is 23.8 Å². The monoisotopic (exact) mass is 1530 g/mol. The molecule has 14 heterocycles. The average molecular weight is 1540 g/mol. The van der Waals surface area contributed by atoms with E-state index in [4.69, 9.17) is 48.6 Å². The Morgan fingerprint density at radius 2 is 0.770 bits per heavy atom. The number of hydrogen-bond donors (Lipinski definition) is 0. The maximum absolute atomic E-state index is 11.7. The molecule has 18 rings (SSSR count). The molecule has 113 heavy (non-hydrogen) atoms. The van der Waals surface area contributed by atoms with E-state index < -0.39 is 0 Å². The molecule has 0 aromatic carbocycles. The molecule has 6 fully saturated rings. The van der Waals surface area contributed by atoms with Gasteiger partial charge >= 0.3 is 0 Å². The molecular weight excluding hydrogens is 1430 g/mol. The molecule has 592 valence electrons. The number of rotatable bonds is 19. The Kier molecular flexibility index (Phi) is 23.0. The van der Waals surface area contributed by atoms with Crippen molar-refractivity contribution in [1.82, 2.24) is 93.4 Å². The fourth-order valence-corrected chi connectivity index (χ4v) is 16.2. The zero-order valence-electron chi connectivity index (χ0n) is 66.6. The van der Waals surface area contributed by atoms with E-state index in [1.165, 1.54) is 19.3 Å². The maximum Gasteiger partial charge on any atom is 0.225 e. The van der Waals surface area contributed by atoms with Gasteiger partial charge in [0.05, 0.1) is 91.0 Å². The number of anilines is 1. The summed E-state index contributed by atoms with van der Waals surface area (Å²) in [7, 11) is 9.44. The fourth-order valence-electron chi connectivity index (χ4n) is 16.2. The summed E-state index contributed by atoms with van der Waals surface area (Å²) in [5.74, 6) is 5.59. The van der Waals surface area contributed by atoms with Gasteiger partial charge in [0.25, 0.3) is 0 Å². The number of nitrogens with zero attached hydrogens (tertiary/aromatic N) is 20. The van der Waals surface area contributed by atoms with Crippen LogP contribution in [-0.2, 0) is 59.2 Å². The molecule has 12 aromatic rings. The van der Waals surface area contributed by atoms with Crippen LogP contribution in [0.5, 0.6) is 23.5 Å². The van der Waals surface area contributed by atoms with E-state index >= 15 is 0 Å². The van der Waals surface area contributed by atoms with Gasteiger partial charge in [0.15, 0.2) is 0 Å². The number of fused-ring (bicyclic) bond motifs is 4. The van der Waals surface area contributed by atoms with E-state index in [1.54, 1.807) is 29.6 Å². The van der Waals surface area contributed by atoms with Crippen LogP contribution in [0.4, 0.5) is 5.82 Å². The molecule has 6 aliphatic rings. The first-order valence-corrected chi connectivity index (χ1v) is 40.0. The topological polar surface area (TPSA) is 307 Å². The number of pyridine rings is 5. The van der Waals surface area contributed by atoms with E-state index in [2.05, 4.69) is 72.8 Å². The molecule has 8 atom stereocenters. The van der Waals surface area contributed by atoms with Crippen LogP contribution in [0.15, 0.2) is 105 Å². The normalized spacial score (nSPS) is 19.9. The lowest BCUT2D eigenvalue weighted by molar-refractivity contribution is -0.118. The smallest absolute Gasteiger partial charge is 0.225 e. The first-order valence-electron chi connectivity index (χ1n) is 40.0. The predicted octanol–water partition coefficient (Wildman–Crippen LogP) is 13.5. The van der Waals surface area contributed by atoms with Crippen LogP contribution in [0.25, 0.3) is 88.6 Å². The van der Waals surface area contributed by atoms with Gasteiger partial charge in [0.2, 0.25) is 23.5 Å². The van der Waals surface area contributed by atoms with Crippen LogP contribution in [0.1, 0.15) is 163 Å². The first-order chi connectivity index (χ1) is 54.5. The molecule has 29 heteroatoms. The second kappa shape index (κ2) is 33.7.